The van der Waals surface area contributed by atoms with Crippen molar-refractivity contribution in [3.05, 3.63) is 22.4 Å². The fourth-order valence-corrected chi connectivity index (χ4v) is 3.71. The molecular weight excluding hydrogens is 268 g/mol. The summed E-state index contributed by atoms with van der Waals surface area (Å²) in [5, 5.41) is 8.05. The van der Waals surface area contributed by atoms with Gasteiger partial charge in [0.1, 0.15) is 0 Å². The zero-order valence-corrected chi connectivity index (χ0v) is 13.7. The highest BCUT2D eigenvalue weighted by molar-refractivity contribution is 7.07. The van der Waals surface area contributed by atoms with Crippen LogP contribution in [0.3, 0.4) is 0 Å². The highest BCUT2D eigenvalue weighted by Gasteiger charge is 2.33. The molecule has 1 aliphatic heterocycles. The maximum atomic E-state index is 5.57. The molecule has 0 aliphatic carbocycles. The summed E-state index contributed by atoms with van der Waals surface area (Å²) in [6.07, 6.45) is 3.56. The molecule has 2 heterocycles. The predicted octanol–water partition coefficient (Wildman–Crippen LogP) is 2.98. The number of rotatable bonds is 8. The lowest BCUT2D eigenvalue weighted by Gasteiger charge is -2.40. The smallest absolute Gasteiger partial charge is 0.0472 e. The van der Waals surface area contributed by atoms with Crippen molar-refractivity contribution in [2.24, 2.45) is 5.41 Å². The highest BCUT2D eigenvalue weighted by Crippen LogP contribution is 2.31. The maximum absolute atomic E-state index is 5.57. The van der Waals surface area contributed by atoms with Crippen LogP contribution in [0.1, 0.15) is 31.7 Å². The molecule has 0 bridgehead atoms. The van der Waals surface area contributed by atoms with Crippen LogP contribution in [0.25, 0.3) is 0 Å². The Labute approximate surface area is 127 Å². The van der Waals surface area contributed by atoms with E-state index in [1.54, 1.807) is 11.3 Å². The molecule has 1 N–H and O–H groups in total. The summed E-state index contributed by atoms with van der Waals surface area (Å²) in [5.41, 5.74) is 1.82. The maximum Gasteiger partial charge on any atom is 0.0472 e. The summed E-state index contributed by atoms with van der Waals surface area (Å²) in [5.74, 6) is 0. The summed E-state index contributed by atoms with van der Waals surface area (Å²) in [6, 6.07) is 2.23. The van der Waals surface area contributed by atoms with Crippen LogP contribution in [0.4, 0.5) is 0 Å². The Morgan fingerprint density at radius 2 is 2.20 bits per heavy atom. The predicted molar refractivity (Wildman–Crippen MR) is 86.3 cm³/mol. The number of nitrogens with zero attached hydrogens (tertiary/aromatic N) is 1. The van der Waals surface area contributed by atoms with Crippen molar-refractivity contribution in [2.75, 3.05) is 39.9 Å². The van der Waals surface area contributed by atoms with Crippen molar-refractivity contribution in [3.63, 3.8) is 0 Å². The van der Waals surface area contributed by atoms with E-state index in [1.807, 2.05) is 0 Å². The second-order valence-corrected chi connectivity index (χ2v) is 6.87. The van der Waals surface area contributed by atoms with E-state index in [4.69, 9.17) is 4.74 Å². The Kier molecular flexibility index (Phi) is 6.49. The van der Waals surface area contributed by atoms with Gasteiger partial charge in [-0.15, -0.1) is 0 Å². The second-order valence-electron chi connectivity index (χ2n) is 6.09. The lowest BCUT2D eigenvalue weighted by atomic mass is 9.79. The third-order valence-corrected chi connectivity index (χ3v) is 4.85. The fourth-order valence-electron chi connectivity index (χ4n) is 3.05. The van der Waals surface area contributed by atoms with Gasteiger partial charge in [-0.3, -0.25) is 0 Å². The van der Waals surface area contributed by atoms with Gasteiger partial charge in [-0.05, 0) is 60.7 Å². The first-order chi connectivity index (χ1) is 9.74. The van der Waals surface area contributed by atoms with Gasteiger partial charge in [0.25, 0.3) is 0 Å². The van der Waals surface area contributed by atoms with E-state index >= 15 is 0 Å². The van der Waals surface area contributed by atoms with Gasteiger partial charge < -0.3 is 15.0 Å². The Bertz CT molecular complexity index is 361. The second kappa shape index (κ2) is 8.13. The zero-order valence-electron chi connectivity index (χ0n) is 12.9. The van der Waals surface area contributed by atoms with Gasteiger partial charge in [-0.1, -0.05) is 6.92 Å². The van der Waals surface area contributed by atoms with Crippen LogP contribution in [0.2, 0.25) is 0 Å². The normalized spacial score (nSPS) is 18.6. The van der Waals surface area contributed by atoms with Gasteiger partial charge in [0.15, 0.2) is 0 Å². The molecule has 0 unspecified atom stereocenters. The number of thiophene rings is 1. The third kappa shape index (κ3) is 4.85. The van der Waals surface area contributed by atoms with Gasteiger partial charge in [0.05, 0.1) is 0 Å². The molecule has 1 fully saturated rings. The van der Waals surface area contributed by atoms with E-state index < -0.39 is 0 Å². The average molecular weight is 296 g/mol. The Balaban J connectivity index is 1.88. The van der Waals surface area contributed by atoms with Crippen LogP contribution >= 0.6 is 11.3 Å². The number of ether oxygens (including phenoxy) is 1. The van der Waals surface area contributed by atoms with Gasteiger partial charge >= 0.3 is 0 Å². The van der Waals surface area contributed by atoms with E-state index in [0.717, 1.165) is 39.4 Å². The first-order valence-corrected chi connectivity index (χ1v) is 8.66. The van der Waals surface area contributed by atoms with Gasteiger partial charge in [0, 0.05) is 32.8 Å². The molecule has 1 saturated heterocycles. The SMILES string of the molecule is CCCNCC1(CN(C)Cc2ccsc2)CCOCC1. The molecule has 4 heteroatoms. The van der Waals surface area contributed by atoms with Crippen LogP contribution in [0, 0.1) is 5.41 Å². The summed E-state index contributed by atoms with van der Waals surface area (Å²) in [4.78, 5) is 2.47. The molecule has 114 valence electrons. The van der Waals surface area contributed by atoms with Crippen molar-refractivity contribution < 1.29 is 4.74 Å². The monoisotopic (exact) mass is 296 g/mol. The molecule has 2 rings (SSSR count). The van der Waals surface area contributed by atoms with Crippen LogP contribution < -0.4 is 5.32 Å². The van der Waals surface area contributed by atoms with Crippen molar-refractivity contribution in [3.8, 4) is 0 Å². The molecule has 3 nitrogen and oxygen atoms in total. The van der Waals surface area contributed by atoms with Gasteiger partial charge in [0.2, 0.25) is 0 Å². The summed E-state index contributed by atoms with van der Waals surface area (Å²) in [7, 11) is 2.24. The molecule has 0 atom stereocenters. The quantitative estimate of drug-likeness (QED) is 0.746. The van der Waals surface area contributed by atoms with Crippen LogP contribution in [0.15, 0.2) is 16.8 Å². The lowest BCUT2D eigenvalue weighted by Crippen LogP contribution is -2.46. The van der Waals surface area contributed by atoms with E-state index in [-0.39, 0.29) is 0 Å². The van der Waals surface area contributed by atoms with Crippen molar-refractivity contribution in [1.82, 2.24) is 10.2 Å². The van der Waals surface area contributed by atoms with E-state index in [1.165, 1.54) is 24.8 Å². The van der Waals surface area contributed by atoms with Gasteiger partial charge in [-0.2, -0.15) is 11.3 Å². The van der Waals surface area contributed by atoms with E-state index in [0.29, 0.717) is 5.41 Å². The molecule has 0 aromatic carbocycles. The van der Waals surface area contributed by atoms with Crippen molar-refractivity contribution in [1.29, 1.82) is 0 Å². The number of hydrogen-bond acceptors (Lipinski definition) is 4. The molecule has 0 radical (unpaired) electrons. The Morgan fingerprint density at radius 1 is 1.40 bits per heavy atom. The van der Waals surface area contributed by atoms with Crippen LogP contribution in [0.5, 0.6) is 0 Å². The molecular formula is C16H28N2OS. The van der Waals surface area contributed by atoms with Crippen LogP contribution in [-0.2, 0) is 11.3 Å². The molecule has 1 aromatic heterocycles. The Morgan fingerprint density at radius 3 is 2.85 bits per heavy atom. The lowest BCUT2D eigenvalue weighted by molar-refractivity contribution is -0.00152. The Hall–Kier alpha value is -0.420. The minimum absolute atomic E-state index is 0.387. The molecule has 0 spiro atoms. The van der Waals surface area contributed by atoms with Crippen molar-refractivity contribution in [2.45, 2.75) is 32.7 Å². The molecule has 20 heavy (non-hydrogen) atoms. The number of nitrogens with one attached hydrogen (secondary N) is 1. The fraction of sp³-hybridized carbons (Fsp3) is 0.750. The highest BCUT2D eigenvalue weighted by atomic mass is 32.1. The first-order valence-electron chi connectivity index (χ1n) is 7.72. The standard InChI is InChI=1S/C16H28N2OS/c1-3-7-17-13-16(5-8-19-9-6-16)14-18(2)11-15-4-10-20-12-15/h4,10,12,17H,3,5-9,11,13-14H2,1-2H3. The third-order valence-electron chi connectivity index (χ3n) is 4.12. The molecule has 1 aliphatic rings. The largest absolute Gasteiger partial charge is 0.381 e. The van der Waals surface area contributed by atoms with E-state index in [9.17, 15) is 0 Å². The summed E-state index contributed by atoms with van der Waals surface area (Å²) < 4.78 is 5.57. The minimum atomic E-state index is 0.387. The van der Waals surface area contributed by atoms with Crippen molar-refractivity contribution >= 4 is 11.3 Å². The summed E-state index contributed by atoms with van der Waals surface area (Å²) in [6.45, 7) is 8.52. The molecule has 1 aromatic rings. The molecule has 0 amide bonds. The minimum Gasteiger partial charge on any atom is -0.381 e. The number of hydrogen-bond donors (Lipinski definition) is 1. The zero-order chi connectivity index (χ0) is 14.3. The first kappa shape index (κ1) is 16.0. The van der Waals surface area contributed by atoms with Gasteiger partial charge in [-0.25, -0.2) is 0 Å². The van der Waals surface area contributed by atoms with Crippen LogP contribution in [-0.4, -0.2) is 44.8 Å². The molecule has 0 saturated carbocycles. The average Bonchev–Trinajstić information content (AvgIpc) is 2.92. The topological polar surface area (TPSA) is 24.5 Å². The summed E-state index contributed by atoms with van der Waals surface area (Å²) >= 11 is 1.78. The van der Waals surface area contributed by atoms with E-state index in [2.05, 4.69) is 41.0 Å².